The second-order valence-electron chi connectivity index (χ2n) is 5.66. The third-order valence-electron chi connectivity index (χ3n) is 4.00. The van der Waals surface area contributed by atoms with Gasteiger partial charge < -0.3 is 11.1 Å². The number of thiocarbonyl (C=S) groups is 1. The average Bonchev–Trinajstić information content (AvgIpc) is 2.78. The van der Waals surface area contributed by atoms with Crippen LogP contribution in [-0.4, -0.2) is 21.2 Å². The van der Waals surface area contributed by atoms with E-state index in [-0.39, 0.29) is 0 Å². The van der Waals surface area contributed by atoms with Crippen molar-refractivity contribution in [3.05, 3.63) is 11.3 Å². The number of rotatable bonds is 3. The Balaban J connectivity index is 1.92. The van der Waals surface area contributed by atoms with Crippen LogP contribution in [0.3, 0.4) is 0 Å². The van der Waals surface area contributed by atoms with Crippen LogP contribution in [0.2, 0.25) is 0 Å². The summed E-state index contributed by atoms with van der Waals surface area (Å²) in [7, 11) is 0. The van der Waals surface area contributed by atoms with E-state index in [0.717, 1.165) is 17.0 Å². The van der Waals surface area contributed by atoms with Gasteiger partial charge in [0.25, 0.3) is 0 Å². The molecule has 0 radical (unpaired) electrons. The van der Waals surface area contributed by atoms with Gasteiger partial charge in [-0.15, -0.1) is 0 Å². The molecule has 1 aromatic heterocycles. The molecule has 1 aromatic rings. The van der Waals surface area contributed by atoms with Crippen molar-refractivity contribution in [2.24, 2.45) is 11.0 Å². The molecule has 1 heterocycles. The number of anilines is 1. The quantitative estimate of drug-likeness (QED) is 0.453. The van der Waals surface area contributed by atoms with Crippen LogP contribution >= 0.6 is 23.8 Å². The smallest absolute Gasteiger partial charge is 0.187 e. The molecule has 2 atom stereocenters. The molecule has 0 spiro atoms. The Morgan fingerprint density at radius 2 is 2.14 bits per heavy atom. The average molecular weight is 326 g/mol. The van der Waals surface area contributed by atoms with E-state index < -0.39 is 0 Å². The van der Waals surface area contributed by atoms with Crippen molar-refractivity contribution in [2.45, 2.75) is 52.5 Å². The standard InChI is InChI=1S/C14H23N5S2/c1-8-6-4-5-7-11(8)16-14(20)18-17-9(2)12-10(3)19-21-13(12)15/h8,11H,4-7,15H2,1-3H3,(H2,16,18,20)/b17-9-/t8-,11+/m0/s1. The Bertz CT molecular complexity index is 518. The monoisotopic (exact) mass is 325 g/mol. The molecule has 5 nitrogen and oxygen atoms in total. The second-order valence-corrected chi connectivity index (χ2v) is 6.87. The second kappa shape index (κ2) is 7.17. The van der Waals surface area contributed by atoms with Gasteiger partial charge in [-0.05, 0) is 56.4 Å². The lowest BCUT2D eigenvalue weighted by molar-refractivity contribution is 0.308. The predicted molar refractivity (Wildman–Crippen MR) is 93.8 cm³/mol. The van der Waals surface area contributed by atoms with Crippen LogP contribution in [-0.2, 0) is 0 Å². The zero-order valence-electron chi connectivity index (χ0n) is 12.8. The fraction of sp³-hybridized carbons (Fsp3) is 0.643. The van der Waals surface area contributed by atoms with Crippen molar-refractivity contribution < 1.29 is 0 Å². The number of hydrogen-bond donors (Lipinski definition) is 3. The number of aromatic nitrogens is 1. The highest BCUT2D eigenvalue weighted by Crippen LogP contribution is 2.23. The van der Waals surface area contributed by atoms with Crippen LogP contribution in [0.4, 0.5) is 5.00 Å². The first-order valence-electron chi connectivity index (χ1n) is 7.32. The molecule has 116 valence electrons. The van der Waals surface area contributed by atoms with Crippen molar-refractivity contribution in [3.63, 3.8) is 0 Å². The summed E-state index contributed by atoms with van der Waals surface area (Å²) >= 11 is 6.62. The Labute approximate surface area is 135 Å². The summed E-state index contributed by atoms with van der Waals surface area (Å²) in [5.74, 6) is 0.655. The fourth-order valence-electron chi connectivity index (χ4n) is 2.75. The first-order valence-corrected chi connectivity index (χ1v) is 8.50. The van der Waals surface area contributed by atoms with Crippen LogP contribution in [0.5, 0.6) is 0 Å². The Hall–Kier alpha value is -1.21. The summed E-state index contributed by atoms with van der Waals surface area (Å²) in [6.07, 6.45) is 5.02. The van der Waals surface area contributed by atoms with E-state index in [1.807, 2.05) is 13.8 Å². The number of aryl methyl sites for hydroxylation is 1. The maximum atomic E-state index is 5.92. The molecule has 1 aliphatic carbocycles. The van der Waals surface area contributed by atoms with Crippen LogP contribution in [0, 0.1) is 12.8 Å². The zero-order chi connectivity index (χ0) is 15.4. The highest BCUT2D eigenvalue weighted by Gasteiger charge is 2.21. The molecule has 2 rings (SSSR count). The van der Waals surface area contributed by atoms with Crippen molar-refractivity contribution in [3.8, 4) is 0 Å². The molecular weight excluding hydrogens is 302 g/mol. The SMILES string of the molecule is C/C(=N/NC(=S)N[C@@H]1CCCC[C@@H]1C)c1c(C)nsc1N. The van der Waals surface area contributed by atoms with Gasteiger partial charge in [-0.1, -0.05) is 19.8 Å². The lowest BCUT2D eigenvalue weighted by atomic mass is 9.86. The minimum atomic E-state index is 0.448. The van der Waals surface area contributed by atoms with Crippen LogP contribution in [0.25, 0.3) is 0 Å². The first-order chi connectivity index (χ1) is 9.99. The van der Waals surface area contributed by atoms with E-state index >= 15 is 0 Å². The van der Waals surface area contributed by atoms with Gasteiger partial charge in [0, 0.05) is 6.04 Å². The molecule has 1 saturated carbocycles. The molecule has 0 unspecified atom stereocenters. The summed E-state index contributed by atoms with van der Waals surface area (Å²) in [6, 6.07) is 0.448. The van der Waals surface area contributed by atoms with E-state index in [1.54, 1.807) is 0 Å². The predicted octanol–water partition coefficient (Wildman–Crippen LogP) is 2.80. The summed E-state index contributed by atoms with van der Waals surface area (Å²) < 4.78 is 4.23. The van der Waals surface area contributed by atoms with E-state index in [9.17, 15) is 0 Å². The van der Waals surface area contributed by atoms with Crippen LogP contribution in [0.1, 0.15) is 50.8 Å². The Kier molecular flexibility index (Phi) is 5.52. The van der Waals surface area contributed by atoms with Crippen molar-refractivity contribution in [1.82, 2.24) is 15.1 Å². The summed E-state index contributed by atoms with van der Waals surface area (Å²) in [6.45, 7) is 6.11. The summed E-state index contributed by atoms with van der Waals surface area (Å²) in [5, 5.41) is 8.96. The van der Waals surface area contributed by atoms with Crippen molar-refractivity contribution in [2.75, 3.05) is 5.73 Å². The fourth-order valence-corrected chi connectivity index (χ4v) is 3.66. The highest BCUT2D eigenvalue weighted by atomic mass is 32.1. The zero-order valence-corrected chi connectivity index (χ0v) is 14.4. The largest absolute Gasteiger partial charge is 0.389 e. The van der Waals surface area contributed by atoms with Gasteiger partial charge in [-0.3, -0.25) is 5.43 Å². The maximum Gasteiger partial charge on any atom is 0.187 e. The minimum absolute atomic E-state index is 0.448. The topological polar surface area (TPSA) is 75.3 Å². The van der Waals surface area contributed by atoms with E-state index in [0.29, 0.717) is 22.1 Å². The molecule has 0 bridgehead atoms. The van der Waals surface area contributed by atoms with Crippen molar-refractivity contribution >= 4 is 39.6 Å². The third-order valence-corrected chi connectivity index (χ3v) is 4.98. The molecule has 4 N–H and O–H groups in total. The number of hydrazone groups is 1. The van der Waals surface area contributed by atoms with Gasteiger partial charge in [0.05, 0.1) is 17.0 Å². The van der Waals surface area contributed by atoms with Gasteiger partial charge in [-0.25, -0.2) is 0 Å². The minimum Gasteiger partial charge on any atom is -0.389 e. The molecule has 0 aliphatic heterocycles. The number of nitrogen functional groups attached to an aromatic ring is 1. The Morgan fingerprint density at radius 1 is 1.43 bits per heavy atom. The molecule has 21 heavy (non-hydrogen) atoms. The molecule has 7 heteroatoms. The molecule has 1 fully saturated rings. The molecular formula is C14H23N5S2. The number of nitrogens with two attached hydrogens (primary N) is 1. The lowest BCUT2D eigenvalue weighted by Crippen LogP contribution is -2.44. The van der Waals surface area contributed by atoms with Gasteiger partial charge in [0.2, 0.25) is 0 Å². The van der Waals surface area contributed by atoms with Crippen molar-refractivity contribution in [1.29, 1.82) is 0 Å². The van der Waals surface area contributed by atoms with E-state index in [1.165, 1.54) is 37.2 Å². The Morgan fingerprint density at radius 3 is 2.76 bits per heavy atom. The van der Waals surface area contributed by atoms with Crippen LogP contribution in [0.15, 0.2) is 5.10 Å². The maximum absolute atomic E-state index is 5.92. The van der Waals surface area contributed by atoms with E-state index in [4.69, 9.17) is 18.0 Å². The molecule has 1 aliphatic rings. The summed E-state index contributed by atoms with van der Waals surface area (Å²) in [4.78, 5) is 0. The van der Waals surface area contributed by atoms with Gasteiger partial charge in [0.1, 0.15) is 5.00 Å². The van der Waals surface area contributed by atoms with Gasteiger partial charge in [-0.2, -0.15) is 9.47 Å². The lowest BCUT2D eigenvalue weighted by Gasteiger charge is -2.30. The van der Waals surface area contributed by atoms with Gasteiger partial charge in [0.15, 0.2) is 5.11 Å². The molecule has 0 saturated heterocycles. The normalized spacial score (nSPS) is 22.9. The molecule has 0 aromatic carbocycles. The number of nitrogens with one attached hydrogen (secondary N) is 2. The van der Waals surface area contributed by atoms with Gasteiger partial charge >= 0.3 is 0 Å². The van der Waals surface area contributed by atoms with E-state index in [2.05, 4.69) is 27.1 Å². The third kappa shape index (κ3) is 4.14. The molecule has 0 amide bonds. The number of nitrogens with zero attached hydrogens (tertiary/aromatic N) is 2. The number of hydrogen-bond acceptors (Lipinski definition) is 5. The first kappa shape index (κ1) is 16.2. The van der Waals surface area contributed by atoms with Crippen LogP contribution < -0.4 is 16.5 Å². The highest BCUT2D eigenvalue weighted by molar-refractivity contribution is 7.80. The summed E-state index contributed by atoms with van der Waals surface area (Å²) in [5.41, 5.74) is 11.5.